The number of ketones is 1. The predicted molar refractivity (Wildman–Crippen MR) is 61.6 cm³/mol. The van der Waals surface area contributed by atoms with Gasteiger partial charge in [0.15, 0.2) is 5.78 Å². The molecule has 0 aliphatic heterocycles. The van der Waals surface area contributed by atoms with E-state index in [1.807, 2.05) is 0 Å². The van der Waals surface area contributed by atoms with Gasteiger partial charge in [-0.2, -0.15) is 0 Å². The van der Waals surface area contributed by atoms with Crippen molar-refractivity contribution in [3.05, 3.63) is 29.6 Å². The molecule has 0 bridgehead atoms. The van der Waals surface area contributed by atoms with Gasteiger partial charge in [-0.3, -0.25) is 4.79 Å². The lowest BCUT2D eigenvalue weighted by Crippen LogP contribution is -2.22. The highest BCUT2D eigenvalue weighted by Crippen LogP contribution is 2.24. The van der Waals surface area contributed by atoms with Gasteiger partial charge >= 0.3 is 0 Å². The molecule has 0 saturated carbocycles. The van der Waals surface area contributed by atoms with Crippen molar-refractivity contribution in [3.8, 4) is 0 Å². The number of hydrogen-bond acceptors (Lipinski definition) is 3. The van der Waals surface area contributed by atoms with E-state index in [-0.39, 0.29) is 10.5 Å². The van der Waals surface area contributed by atoms with Crippen LogP contribution in [0.15, 0.2) is 23.1 Å². The molecule has 0 saturated heterocycles. The lowest BCUT2D eigenvalue weighted by Gasteiger charge is -2.17. The highest BCUT2D eigenvalue weighted by atomic mass is 32.2. The fourth-order valence-corrected chi connectivity index (χ4v) is 1.80. The van der Waals surface area contributed by atoms with E-state index < -0.39 is 27.0 Å². The van der Waals surface area contributed by atoms with Crippen LogP contribution in [-0.4, -0.2) is 14.2 Å². The minimum absolute atomic E-state index is 0.260. The molecule has 0 heterocycles. The Kier molecular flexibility index (Phi) is 3.40. The summed E-state index contributed by atoms with van der Waals surface area (Å²) in [5, 5.41) is 4.92. The fourth-order valence-electron chi connectivity index (χ4n) is 1.26. The summed E-state index contributed by atoms with van der Waals surface area (Å²) in [5.41, 5.74) is -1.05. The Labute approximate surface area is 99.7 Å². The van der Waals surface area contributed by atoms with Crippen LogP contribution < -0.4 is 5.14 Å². The minimum Gasteiger partial charge on any atom is -0.293 e. The molecule has 2 N–H and O–H groups in total. The van der Waals surface area contributed by atoms with Crippen molar-refractivity contribution < 1.29 is 17.6 Å². The Morgan fingerprint density at radius 2 is 1.82 bits per heavy atom. The zero-order valence-electron chi connectivity index (χ0n) is 9.82. The van der Waals surface area contributed by atoms with Gasteiger partial charge in [-0.05, 0) is 18.2 Å². The Hall–Kier alpha value is -1.27. The van der Waals surface area contributed by atoms with Gasteiger partial charge in [0.25, 0.3) is 0 Å². The van der Waals surface area contributed by atoms with Crippen molar-refractivity contribution in [2.45, 2.75) is 25.7 Å². The Bertz CT molecular complexity index is 559. The molecule has 0 aliphatic carbocycles. The second kappa shape index (κ2) is 4.19. The third-order valence-corrected chi connectivity index (χ3v) is 3.10. The number of carbonyl (C=O) groups excluding carboxylic acids is 1. The van der Waals surface area contributed by atoms with Crippen molar-refractivity contribution in [1.29, 1.82) is 0 Å². The lowest BCUT2D eigenvalue weighted by molar-refractivity contribution is 0.0853. The maximum atomic E-state index is 13.5. The number of benzene rings is 1. The van der Waals surface area contributed by atoms with Crippen LogP contribution in [-0.2, 0) is 10.0 Å². The number of carbonyl (C=O) groups is 1. The van der Waals surface area contributed by atoms with Gasteiger partial charge < -0.3 is 0 Å². The smallest absolute Gasteiger partial charge is 0.238 e. The standard InChI is InChI=1S/C11H14FNO3S/c1-11(2,3)10(14)8-6-7(17(13,15)16)4-5-9(8)12/h4-6H,1-3H3,(H2,13,15,16). The van der Waals surface area contributed by atoms with Gasteiger partial charge in [0.1, 0.15) is 5.82 Å². The first-order valence-electron chi connectivity index (χ1n) is 4.90. The van der Waals surface area contributed by atoms with Crippen LogP contribution in [0.1, 0.15) is 31.1 Å². The summed E-state index contributed by atoms with van der Waals surface area (Å²) in [7, 11) is -3.94. The first-order valence-corrected chi connectivity index (χ1v) is 6.45. The number of rotatable bonds is 2. The van der Waals surface area contributed by atoms with Crippen LogP contribution in [0.3, 0.4) is 0 Å². The maximum Gasteiger partial charge on any atom is 0.238 e. The molecule has 0 fully saturated rings. The van der Waals surface area contributed by atoms with Crippen molar-refractivity contribution in [2.75, 3.05) is 0 Å². The van der Waals surface area contributed by atoms with Gasteiger partial charge in [0.05, 0.1) is 10.5 Å². The van der Waals surface area contributed by atoms with Crippen molar-refractivity contribution in [1.82, 2.24) is 0 Å². The second-order valence-corrected chi connectivity index (χ2v) is 6.33. The Morgan fingerprint density at radius 1 is 1.29 bits per heavy atom. The van der Waals surface area contributed by atoms with E-state index in [4.69, 9.17) is 5.14 Å². The minimum atomic E-state index is -3.94. The molecule has 1 rings (SSSR count). The summed E-state index contributed by atoms with van der Waals surface area (Å²) in [6.07, 6.45) is 0. The summed E-state index contributed by atoms with van der Waals surface area (Å²) in [4.78, 5) is 11.6. The second-order valence-electron chi connectivity index (χ2n) is 4.77. The van der Waals surface area contributed by atoms with Gasteiger partial charge in [0, 0.05) is 5.41 Å². The van der Waals surface area contributed by atoms with Gasteiger partial charge in [-0.1, -0.05) is 20.8 Å². The molecule has 0 unspecified atom stereocenters. The number of Topliss-reactive ketones (excluding diaryl/α,β-unsaturated/α-hetero) is 1. The molecule has 6 heteroatoms. The van der Waals surface area contributed by atoms with Gasteiger partial charge in [-0.25, -0.2) is 17.9 Å². The van der Waals surface area contributed by atoms with Gasteiger partial charge in [0.2, 0.25) is 10.0 Å². The molecule has 0 spiro atoms. The summed E-state index contributed by atoms with van der Waals surface area (Å²) < 4.78 is 35.7. The lowest BCUT2D eigenvalue weighted by atomic mass is 9.86. The molecular weight excluding hydrogens is 245 g/mol. The summed E-state index contributed by atoms with van der Waals surface area (Å²) in [6, 6.07) is 2.93. The van der Waals surface area contributed by atoms with Crippen molar-refractivity contribution in [3.63, 3.8) is 0 Å². The van der Waals surface area contributed by atoms with Crippen LogP contribution in [0.2, 0.25) is 0 Å². The maximum absolute atomic E-state index is 13.5. The summed E-state index contributed by atoms with van der Waals surface area (Å²) >= 11 is 0. The monoisotopic (exact) mass is 259 g/mol. The SMILES string of the molecule is CC(C)(C)C(=O)c1cc(S(N)(=O)=O)ccc1F. The van der Waals surface area contributed by atoms with Crippen molar-refractivity contribution >= 4 is 15.8 Å². The molecule has 0 atom stereocenters. The van der Waals surface area contributed by atoms with Crippen LogP contribution in [0.4, 0.5) is 4.39 Å². The number of hydrogen-bond donors (Lipinski definition) is 1. The van der Waals surface area contributed by atoms with Crippen LogP contribution in [0.25, 0.3) is 0 Å². The fraction of sp³-hybridized carbons (Fsp3) is 0.364. The molecule has 1 aromatic rings. The largest absolute Gasteiger partial charge is 0.293 e. The van der Waals surface area contributed by atoms with Crippen LogP contribution >= 0.6 is 0 Å². The van der Waals surface area contributed by atoms with E-state index in [9.17, 15) is 17.6 Å². The number of halogens is 1. The Balaban J connectivity index is 3.40. The summed E-state index contributed by atoms with van der Waals surface area (Å²) in [6.45, 7) is 4.87. The van der Waals surface area contributed by atoms with Crippen LogP contribution in [0.5, 0.6) is 0 Å². The van der Waals surface area contributed by atoms with E-state index in [0.717, 1.165) is 18.2 Å². The highest BCUT2D eigenvalue weighted by molar-refractivity contribution is 7.89. The van der Waals surface area contributed by atoms with Gasteiger partial charge in [-0.15, -0.1) is 0 Å². The first-order chi connectivity index (χ1) is 7.53. The predicted octanol–water partition coefficient (Wildman–Crippen LogP) is 1.70. The average Bonchev–Trinajstić information content (AvgIpc) is 2.14. The first kappa shape index (κ1) is 13.8. The zero-order chi connectivity index (χ0) is 13.4. The van der Waals surface area contributed by atoms with E-state index in [1.54, 1.807) is 20.8 Å². The topological polar surface area (TPSA) is 77.2 Å². The highest BCUT2D eigenvalue weighted by Gasteiger charge is 2.26. The molecule has 0 aliphatic rings. The zero-order valence-corrected chi connectivity index (χ0v) is 10.6. The number of nitrogens with two attached hydrogens (primary N) is 1. The average molecular weight is 259 g/mol. The molecule has 1 aromatic carbocycles. The molecule has 0 radical (unpaired) electrons. The van der Waals surface area contributed by atoms with E-state index in [2.05, 4.69) is 0 Å². The molecule has 4 nitrogen and oxygen atoms in total. The van der Waals surface area contributed by atoms with Crippen molar-refractivity contribution in [2.24, 2.45) is 10.6 Å². The molecule has 17 heavy (non-hydrogen) atoms. The quantitative estimate of drug-likeness (QED) is 0.821. The van der Waals surface area contributed by atoms with E-state index in [0.29, 0.717) is 0 Å². The third kappa shape index (κ3) is 3.10. The van der Waals surface area contributed by atoms with Crippen LogP contribution in [0, 0.1) is 11.2 Å². The molecule has 0 aromatic heterocycles. The summed E-state index contributed by atoms with van der Waals surface area (Å²) in [5.74, 6) is -1.22. The number of primary sulfonamides is 1. The van der Waals surface area contributed by atoms with E-state index in [1.165, 1.54) is 0 Å². The molecular formula is C11H14FNO3S. The molecule has 94 valence electrons. The Morgan fingerprint density at radius 3 is 2.24 bits per heavy atom. The van der Waals surface area contributed by atoms with E-state index >= 15 is 0 Å². The number of sulfonamides is 1. The molecule has 0 amide bonds. The third-order valence-electron chi connectivity index (χ3n) is 2.19. The normalized spacial score (nSPS) is 12.5.